The van der Waals surface area contributed by atoms with Crippen molar-refractivity contribution in [1.29, 1.82) is 0 Å². The van der Waals surface area contributed by atoms with E-state index in [1.165, 1.54) is 0 Å². The van der Waals surface area contributed by atoms with Gasteiger partial charge in [-0.05, 0) is 72.6 Å². The van der Waals surface area contributed by atoms with Crippen molar-refractivity contribution < 1.29 is 4.79 Å². The SMILES string of the molecule is Cn1c(=O)n(CC(C)(C)C)c2ccc(C3CCC(C)(C)C(NC(=O)c4ccc(-n5cccn5)cc4)C3)nc21. The zero-order valence-electron chi connectivity index (χ0n) is 23.2. The Bertz CT molecular complexity index is 1500. The highest BCUT2D eigenvalue weighted by molar-refractivity contribution is 5.94. The van der Waals surface area contributed by atoms with Crippen LogP contribution in [0.4, 0.5) is 0 Å². The standard InChI is InChI=1S/C30H38N6O2/c1-29(2,3)19-35-24-13-12-23(32-26(24)34(6)28(35)38)21-14-15-30(4,5)25(18-21)33-27(37)20-8-10-22(11-9-20)36-17-7-16-31-36/h7-13,16-17,21,25H,14-15,18-19H2,1-6H3,(H,33,37). The third-order valence-electron chi connectivity index (χ3n) is 7.86. The van der Waals surface area contributed by atoms with E-state index in [1.807, 2.05) is 47.2 Å². The van der Waals surface area contributed by atoms with Gasteiger partial charge in [-0.1, -0.05) is 34.6 Å². The van der Waals surface area contributed by atoms with Crippen LogP contribution in [0.1, 0.15) is 75.9 Å². The molecule has 1 N–H and O–H groups in total. The summed E-state index contributed by atoms with van der Waals surface area (Å²) in [7, 11) is 1.80. The molecule has 2 atom stereocenters. The fourth-order valence-corrected chi connectivity index (χ4v) is 5.54. The molecule has 1 aliphatic rings. The second-order valence-electron chi connectivity index (χ2n) is 12.6. The first-order valence-corrected chi connectivity index (χ1v) is 13.4. The molecule has 2 unspecified atom stereocenters. The molecule has 200 valence electrons. The van der Waals surface area contributed by atoms with Gasteiger partial charge in [-0.25, -0.2) is 14.5 Å². The molecule has 1 aromatic carbocycles. The molecule has 8 nitrogen and oxygen atoms in total. The van der Waals surface area contributed by atoms with Gasteiger partial charge in [-0.2, -0.15) is 5.10 Å². The maximum Gasteiger partial charge on any atom is 0.330 e. The molecule has 8 heteroatoms. The Morgan fingerprint density at radius 3 is 2.53 bits per heavy atom. The number of amides is 1. The third kappa shape index (κ3) is 5.04. The van der Waals surface area contributed by atoms with Crippen molar-refractivity contribution in [2.45, 2.75) is 72.4 Å². The Labute approximate surface area is 223 Å². The molecule has 3 aromatic heterocycles. The van der Waals surface area contributed by atoms with Crippen LogP contribution in [0.25, 0.3) is 16.9 Å². The monoisotopic (exact) mass is 514 g/mol. The van der Waals surface area contributed by atoms with Crippen molar-refractivity contribution >= 4 is 17.1 Å². The summed E-state index contributed by atoms with van der Waals surface area (Å²) in [6.45, 7) is 11.5. The summed E-state index contributed by atoms with van der Waals surface area (Å²) in [6.07, 6.45) is 6.38. The number of carbonyl (C=O) groups excluding carboxylic acids is 1. The van der Waals surface area contributed by atoms with Gasteiger partial charge in [0.25, 0.3) is 5.91 Å². The molecule has 0 aliphatic heterocycles. The van der Waals surface area contributed by atoms with E-state index in [-0.39, 0.29) is 34.4 Å². The molecule has 1 aliphatic carbocycles. The zero-order chi connectivity index (χ0) is 27.2. The van der Waals surface area contributed by atoms with Crippen molar-refractivity contribution in [1.82, 2.24) is 29.2 Å². The lowest BCUT2D eigenvalue weighted by molar-refractivity contribution is 0.0836. The minimum atomic E-state index is -0.0687. The summed E-state index contributed by atoms with van der Waals surface area (Å²) in [5.41, 5.74) is 4.04. The smallest absolute Gasteiger partial charge is 0.330 e. The normalized spacial score (nSPS) is 19.5. The number of hydrogen-bond acceptors (Lipinski definition) is 4. The Hall–Kier alpha value is -3.68. The summed E-state index contributed by atoms with van der Waals surface area (Å²) in [6, 6.07) is 13.5. The lowest BCUT2D eigenvalue weighted by Crippen LogP contribution is -2.48. The minimum Gasteiger partial charge on any atom is -0.349 e. The number of hydrogen-bond donors (Lipinski definition) is 1. The van der Waals surface area contributed by atoms with Crippen LogP contribution in [0.5, 0.6) is 0 Å². The molecule has 0 radical (unpaired) electrons. The number of rotatable bonds is 5. The Morgan fingerprint density at radius 2 is 1.87 bits per heavy atom. The first-order valence-electron chi connectivity index (χ1n) is 13.4. The number of imidazole rings is 1. The molecular formula is C30H38N6O2. The van der Waals surface area contributed by atoms with E-state index in [0.29, 0.717) is 12.1 Å². The summed E-state index contributed by atoms with van der Waals surface area (Å²) < 4.78 is 5.26. The van der Waals surface area contributed by atoms with E-state index < -0.39 is 0 Å². The maximum atomic E-state index is 13.2. The Morgan fingerprint density at radius 1 is 1.13 bits per heavy atom. The second-order valence-corrected chi connectivity index (χ2v) is 12.6. The molecule has 1 saturated carbocycles. The van der Waals surface area contributed by atoms with Crippen LogP contribution in [0.15, 0.2) is 59.7 Å². The van der Waals surface area contributed by atoms with Gasteiger partial charge in [0.15, 0.2) is 5.65 Å². The fourth-order valence-electron chi connectivity index (χ4n) is 5.54. The van der Waals surface area contributed by atoms with Gasteiger partial charge in [-0.15, -0.1) is 0 Å². The van der Waals surface area contributed by atoms with E-state index >= 15 is 0 Å². The molecule has 0 bridgehead atoms. The van der Waals surface area contributed by atoms with Gasteiger partial charge in [0, 0.05) is 49.2 Å². The van der Waals surface area contributed by atoms with Gasteiger partial charge in [0.1, 0.15) is 0 Å². The lowest BCUT2D eigenvalue weighted by Gasteiger charge is -2.42. The number of carbonyl (C=O) groups is 1. The van der Waals surface area contributed by atoms with Crippen LogP contribution in [0.2, 0.25) is 0 Å². The van der Waals surface area contributed by atoms with Gasteiger partial charge in [-0.3, -0.25) is 13.9 Å². The molecule has 0 saturated heterocycles. The average molecular weight is 515 g/mol. The van der Waals surface area contributed by atoms with Gasteiger partial charge in [0.05, 0.1) is 11.2 Å². The zero-order valence-corrected chi connectivity index (χ0v) is 23.2. The number of aromatic nitrogens is 5. The molecule has 1 amide bonds. The van der Waals surface area contributed by atoms with Gasteiger partial charge < -0.3 is 5.32 Å². The average Bonchev–Trinajstić information content (AvgIpc) is 3.48. The molecule has 4 aromatic rings. The molecular weight excluding hydrogens is 476 g/mol. The number of nitrogens with zero attached hydrogens (tertiary/aromatic N) is 5. The van der Waals surface area contributed by atoms with Crippen molar-refractivity contribution in [3.05, 3.63) is 76.6 Å². The van der Waals surface area contributed by atoms with Crippen molar-refractivity contribution in [2.24, 2.45) is 17.9 Å². The molecule has 0 spiro atoms. The molecule has 3 heterocycles. The Kier molecular flexibility index (Phi) is 6.53. The third-order valence-corrected chi connectivity index (χ3v) is 7.86. The number of fused-ring (bicyclic) bond motifs is 1. The van der Waals surface area contributed by atoms with E-state index in [1.54, 1.807) is 22.5 Å². The number of benzene rings is 1. The molecule has 38 heavy (non-hydrogen) atoms. The van der Waals surface area contributed by atoms with Crippen LogP contribution in [0.3, 0.4) is 0 Å². The highest BCUT2D eigenvalue weighted by atomic mass is 16.2. The summed E-state index contributed by atoms with van der Waals surface area (Å²) >= 11 is 0. The van der Waals surface area contributed by atoms with Gasteiger partial charge in [0.2, 0.25) is 0 Å². The largest absolute Gasteiger partial charge is 0.349 e. The fraction of sp³-hybridized carbons (Fsp3) is 0.467. The Balaban J connectivity index is 1.36. The first-order chi connectivity index (χ1) is 17.9. The highest BCUT2D eigenvalue weighted by Gasteiger charge is 2.38. The predicted molar refractivity (Wildman–Crippen MR) is 150 cm³/mol. The van der Waals surface area contributed by atoms with Crippen LogP contribution in [-0.4, -0.2) is 35.8 Å². The number of nitrogens with one attached hydrogen (secondary N) is 1. The maximum absolute atomic E-state index is 13.2. The van der Waals surface area contributed by atoms with Crippen molar-refractivity contribution in [3.63, 3.8) is 0 Å². The molecule has 5 rings (SSSR count). The second kappa shape index (κ2) is 9.57. The van der Waals surface area contributed by atoms with Crippen LogP contribution >= 0.6 is 0 Å². The van der Waals surface area contributed by atoms with E-state index in [0.717, 1.165) is 41.8 Å². The summed E-state index contributed by atoms with van der Waals surface area (Å²) in [5.74, 6) is 0.141. The minimum absolute atomic E-state index is 0.00588. The number of pyridine rings is 1. The summed E-state index contributed by atoms with van der Waals surface area (Å²) in [4.78, 5) is 31.2. The van der Waals surface area contributed by atoms with Crippen LogP contribution in [-0.2, 0) is 13.6 Å². The quantitative estimate of drug-likeness (QED) is 0.403. The molecule has 1 fully saturated rings. The highest BCUT2D eigenvalue weighted by Crippen LogP contribution is 2.42. The first kappa shape index (κ1) is 25.9. The van der Waals surface area contributed by atoms with E-state index in [9.17, 15) is 9.59 Å². The van der Waals surface area contributed by atoms with Crippen molar-refractivity contribution in [2.75, 3.05) is 0 Å². The van der Waals surface area contributed by atoms with Crippen LogP contribution < -0.4 is 11.0 Å². The topological polar surface area (TPSA) is 86.7 Å². The van der Waals surface area contributed by atoms with Gasteiger partial charge >= 0.3 is 5.69 Å². The van der Waals surface area contributed by atoms with Crippen LogP contribution in [0, 0.1) is 10.8 Å². The summed E-state index contributed by atoms with van der Waals surface area (Å²) in [5, 5.41) is 7.57. The van der Waals surface area contributed by atoms with E-state index in [2.05, 4.69) is 51.1 Å². The lowest BCUT2D eigenvalue weighted by atomic mass is 9.68. The number of aryl methyl sites for hydroxylation is 1. The van der Waals surface area contributed by atoms with E-state index in [4.69, 9.17) is 4.98 Å². The predicted octanol–water partition coefficient (Wildman–Crippen LogP) is 5.06. The van der Waals surface area contributed by atoms with Crippen molar-refractivity contribution in [3.8, 4) is 5.69 Å².